The molecular formula is C17H22N4O2. The quantitative estimate of drug-likeness (QED) is 0.899. The molecule has 1 aromatic heterocycles. The minimum Gasteiger partial charge on any atom is -0.355 e. The van der Waals surface area contributed by atoms with Crippen molar-refractivity contribution in [3.05, 3.63) is 30.1 Å². The molecule has 2 amide bonds. The van der Waals surface area contributed by atoms with Crippen molar-refractivity contribution in [3.8, 4) is 0 Å². The second-order valence-corrected chi connectivity index (χ2v) is 5.95. The minimum atomic E-state index is -0.220. The first-order valence-corrected chi connectivity index (χ1v) is 8.06. The molecule has 1 fully saturated rings. The fraction of sp³-hybridized carbons (Fsp3) is 0.471. The SMILES string of the molecule is CCN1C[C@@H](C(=O)NCCc2nc3ccccc3n2C)CC1=O. The van der Waals surface area contributed by atoms with Crippen molar-refractivity contribution in [2.24, 2.45) is 13.0 Å². The zero-order chi connectivity index (χ0) is 16.4. The number of aryl methyl sites for hydroxylation is 1. The topological polar surface area (TPSA) is 67.2 Å². The molecule has 2 heterocycles. The number of likely N-dealkylation sites (tertiary alicyclic amines) is 1. The van der Waals surface area contributed by atoms with E-state index < -0.39 is 0 Å². The monoisotopic (exact) mass is 314 g/mol. The molecule has 6 heteroatoms. The van der Waals surface area contributed by atoms with Crippen LogP contribution in [0, 0.1) is 5.92 Å². The number of benzene rings is 1. The molecule has 1 aliphatic rings. The number of carbonyl (C=O) groups is 2. The number of carbonyl (C=O) groups excluding carboxylic acids is 2. The molecule has 2 aromatic rings. The van der Waals surface area contributed by atoms with Gasteiger partial charge in [0.15, 0.2) is 0 Å². The third kappa shape index (κ3) is 3.06. The van der Waals surface area contributed by atoms with Crippen LogP contribution >= 0.6 is 0 Å². The van der Waals surface area contributed by atoms with Gasteiger partial charge in [-0.3, -0.25) is 9.59 Å². The number of amides is 2. The molecule has 1 aliphatic heterocycles. The summed E-state index contributed by atoms with van der Waals surface area (Å²) >= 11 is 0. The Morgan fingerprint density at radius 3 is 2.87 bits per heavy atom. The molecule has 0 aliphatic carbocycles. The molecule has 122 valence electrons. The summed E-state index contributed by atoms with van der Waals surface area (Å²) in [6, 6.07) is 7.98. The average Bonchev–Trinajstić information content (AvgIpc) is 3.08. The average molecular weight is 314 g/mol. The summed E-state index contributed by atoms with van der Waals surface area (Å²) in [5.41, 5.74) is 2.06. The van der Waals surface area contributed by atoms with Gasteiger partial charge in [-0.15, -0.1) is 0 Å². The van der Waals surface area contributed by atoms with Crippen molar-refractivity contribution in [2.45, 2.75) is 19.8 Å². The predicted octanol–water partition coefficient (Wildman–Crippen LogP) is 1.10. The Hall–Kier alpha value is -2.37. The van der Waals surface area contributed by atoms with Crippen LogP contribution in [0.25, 0.3) is 11.0 Å². The van der Waals surface area contributed by atoms with Crippen LogP contribution in [0.4, 0.5) is 0 Å². The lowest BCUT2D eigenvalue weighted by atomic mass is 10.1. The van der Waals surface area contributed by atoms with E-state index in [2.05, 4.69) is 14.9 Å². The predicted molar refractivity (Wildman–Crippen MR) is 87.8 cm³/mol. The Kier molecular flexibility index (Phi) is 4.32. The molecule has 0 saturated carbocycles. The summed E-state index contributed by atoms with van der Waals surface area (Å²) < 4.78 is 2.05. The Labute approximate surface area is 135 Å². The van der Waals surface area contributed by atoms with Gasteiger partial charge in [0.25, 0.3) is 0 Å². The van der Waals surface area contributed by atoms with Crippen molar-refractivity contribution < 1.29 is 9.59 Å². The lowest BCUT2D eigenvalue weighted by Gasteiger charge is -2.13. The Morgan fingerprint density at radius 2 is 2.17 bits per heavy atom. The van der Waals surface area contributed by atoms with Gasteiger partial charge in [0.1, 0.15) is 5.82 Å². The van der Waals surface area contributed by atoms with Gasteiger partial charge in [-0.25, -0.2) is 4.98 Å². The number of fused-ring (bicyclic) bond motifs is 1. The fourth-order valence-corrected chi connectivity index (χ4v) is 3.11. The molecule has 0 radical (unpaired) electrons. The standard InChI is InChI=1S/C17H22N4O2/c1-3-21-11-12(10-16(21)22)17(23)18-9-8-15-19-13-6-4-5-7-14(13)20(15)2/h4-7,12H,3,8-11H2,1-2H3,(H,18,23)/t12-/m0/s1. The molecule has 1 N–H and O–H groups in total. The van der Waals surface area contributed by atoms with Gasteiger partial charge in [0.2, 0.25) is 11.8 Å². The minimum absolute atomic E-state index is 0.0342. The van der Waals surface area contributed by atoms with Crippen LogP contribution in [0.5, 0.6) is 0 Å². The van der Waals surface area contributed by atoms with E-state index in [1.165, 1.54) is 0 Å². The van der Waals surface area contributed by atoms with Gasteiger partial charge >= 0.3 is 0 Å². The second-order valence-electron chi connectivity index (χ2n) is 5.95. The maximum Gasteiger partial charge on any atom is 0.225 e. The molecule has 1 saturated heterocycles. The molecule has 1 atom stereocenters. The van der Waals surface area contributed by atoms with Crippen molar-refractivity contribution in [3.63, 3.8) is 0 Å². The van der Waals surface area contributed by atoms with E-state index in [1.807, 2.05) is 38.2 Å². The van der Waals surface area contributed by atoms with Gasteiger partial charge in [0, 0.05) is 39.5 Å². The smallest absolute Gasteiger partial charge is 0.225 e. The highest BCUT2D eigenvalue weighted by molar-refractivity contribution is 5.89. The third-order valence-corrected chi connectivity index (χ3v) is 4.49. The number of hydrogen-bond acceptors (Lipinski definition) is 3. The number of aromatic nitrogens is 2. The van der Waals surface area contributed by atoms with Gasteiger partial charge < -0.3 is 14.8 Å². The van der Waals surface area contributed by atoms with Crippen LogP contribution in [0.1, 0.15) is 19.2 Å². The van der Waals surface area contributed by atoms with E-state index in [9.17, 15) is 9.59 Å². The second kappa shape index (κ2) is 6.40. The third-order valence-electron chi connectivity index (χ3n) is 4.49. The number of para-hydroxylation sites is 2. The van der Waals surface area contributed by atoms with Crippen molar-refractivity contribution in [1.82, 2.24) is 19.8 Å². The first-order chi connectivity index (χ1) is 11.1. The molecule has 1 aromatic carbocycles. The Morgan fingerprint density at radius 1 is 1.39 bits per heavy atom. The number of nitrogens with zero attached hydrogens (tertiary/aromatic N) is 3. The van der Waals surface area contributed by atoms with E-state index in [-0.39, 0.29) is 17.7 Å². The van der Waals surface area contributed by atoms with Crippen LogP contribution < -0.4 is 5.32 Å². The number of rotatable bonds is 5. The Bertz CT molecular complexity index is 737. The summed E-state index contributed by atoms with van der Waals surface area (Å²) in [7, 11) is 1.99. The molecule has 0 spiro atoms. The molecule has 6 nitrogen and oxygen atoms in total. The highest BCUT2D eigenvalue weighted by atomic mass is 16.2. The van der Waals surface area contributed by atoms with Gasteiger partial charge in [0.05, 0.1) is 17.0 Å². The summed E-state index contributed by atoms with van der Waals surface area (Å²) in [5.74, 6) is 0.767. The Balaban J connectivity index is 1.56. The lowest BCUT2D eigenvalue weighted by Crippen LogP contribution is -2.34. The maximum atomic E-state index is 12.2. The lowest BCUT2D eigenvalue weighted by molar-refractivity contribution is -0.128. The van der Waals surface area contributed by atoms with Crippen LogP contribution in [-0.2, 0) is 23.1 Å². The first kappa shape index (κ1) is 15.5. The normalized spacial score (nSPS) is 17.9. The maximum absolute atomic E-state index is 12.2. The van der Waals surface area contributed by atoms with E-state index >= 15 is 0 Å². The number of hydrogen-bond donors (Lipinski definition) is 1. The molecule has 23 heavy (non-hydrogen) atoms. The summed E-state index contributed by atoms with van der Waals surface area (Å²) in [6.07, 6.45) is 1.00. The van der Waals surface area contributed by atoms with Crippen LogP contribution in [-0.4, -0.2) is 45.9 Å². The number of imidazole rings is 1. The zero-order valence-electron chi connectivity index (χ0n) is 13.6. The highest BCUT2D eigenvalue weighted by Crippen LogP contribution is 2.17. The first-order valence-electron chi connectivity index (χ1n) is 8.06. The van der Waals surface area contributed by atoms with Gasteiger partial charge in [-0.2, -0.15) is 0 Å². The molecule has 0 bridgehead atoms. The van der Waals surface area contributed by atoms with Crippen molar-refractivity contribution in [2.75, 3.05) is 19.6 Å². The fourth-order valence-electron chi connectivity index (χ4n) is 3.11. The van der Waals surface area contributed by atoms with Crippen LogP contribution in [0.3, 0.4) is 0 Å². The largest absolute Gasteiger partial charge is 0.355 e. The van der Waals surface area contributed by atoms with E-state index in [0.29, 0.717) is 32.5 Å². The number of nitrogens with one attached hydrogen (secondary N) is 1. The van der Waals surface area contributed by atoms with Crippen molar-refractivity contribution >= 4 is 22.8 Å². The van der Waals surface area contributed by atoms with E-state index in [4.69, 9.17) is 0 Å². The molecule has 0 unspecified atom stereocenters. The zero-order valence-corrected chi connectivity index (χ0v) is 13.6. The highest BCUT2D eigenvalue weighted by Gasteiger charge is 2.33. The van der Waals surface area contributed by atoms with Gasteiger partial charge in [-0.1, -0.05) is 12.1 Å². The summed E-state index contributed by atoms with van der Waals surface area (Å²) in [4.78, 5) is 30.2. The molecule has 3 rings (SSSR count). The van der Waals surface area contributed by atoms with Gasteiger partial charge in [-0.05, 0) is 19.1 Å². The summed E-state index contributed by atoms with van der Waals surface area (Å²) in [5, 5.41) is 2.94. The van der Waals surface area contributed by atoms with E-state index in [0.717, 1.165) is 16.9 Å². The summed E-state index contributed by atoms with van der Waals surface area (Å²) in [6.45, 7) is 3.67. The van der Waals surface area contributed by atoms with E-state index in [1.54, 1.807) is 4.90 Å². The molecular weight excluding hydrogens is 292 g/mol. The van der Waals surface area contributed by atoms with Crippen molar-refractivity contribution in [1.29, 1.82) is 0 Å². The van der Waals surface area contributed by atoms with Crippen LogP contribution in [0.2, 0.25) is 0 Å². The van der Waals surface area contributed by atoms with Crippen LogP contribution in [0.15, 0.2) is 24.3 Å².